The van der Waals surface area contributed by atoms with Crippen LogP contribution in [0.2, 0.25) is 0 Å². The SMILES string of the molecule is O=C(O)[C@@H]1CNC[C@H]1c1ccccc1[N+](=O)[O-]. The highest BCUT2D eigenvalue weighted by Gasteiger charge is 2.37. The summed E-state index contributed by atoms with van der Waals surface area (Å²) in [7, 11) is 0. The second kappa shape index (κ2) is 4.50. The van der Waals surface area contributed by atoms with Gasteiger partial charge in [0.25, 0.3) is 5.69 Å². The smallest absolute Gasteiger partial charge is 0.308 e. The summed E-state index contributed by atoms with van der Waals surface area (Å²) in [6.45, 7) is 0.813. The van der Waals surface area contributed by atoms with Gasteiger partial charge in [-0.3, -0.25) is 14.9 Å². The molecule has 0 spiro atoms. The summed E-state index contributed by atoms with van der Waals surface area (Å²) in [5.74, 6) is -1.86. The Labute approximate surface area is 97.4 Å². The molecule has 2 N–H and O–H groups in total. The number of benzene rings is 1. The fraction of sp³-hybridized carbons (Fsp3) is 0.364. The zero-order valence-electron chi connectivity index (χ0n) is 9.00. The molecule has 1 fully saturated rings. The summed E-state index contributed by atoms with van der Waals surface area (Å²) in [6.07, 6.45) is 0. The summed E-state index contributed by atoms with van der Waals surface area (Å²) >= 11 is 0. The first-order valence-corrected chi connectivity index (χ1v) is 5.28. The molecule has 0 unspecified atom stereocenters. The van der Waals surface area contributed by atoms with E-state index < -0.39 is 16.8 Å². The second-order valence-electron chi connectivity index (χ2n) is 4.03. The van der Waals surface area contributed by atoms with Crippen LogP contribution in [0.1, 0.15) is 11.5 Å². The third kappa shape index (κ3) is 2.12. The molecule has 0 aliphatic carbocycles. The van der Waals surface area contributed by atoms with E-state index in [1.807, 2.05) is 0 Å². The molecule has 6 heteroatoms. The predicted octanol–water partition coefficient (Wildman–Crippen LogP) is 0.982. The number of carbonyl (C=O) groups is 1. The van der Waals surface area contributed by atoms with Gasteiger partial charge in [-0.15, -0.1) is 0 Å². The van der Waals surface area contributed by atoms with Gasteiger partial charge in [0.2, 0.25) is 0 Å². The number of nitro benzene ring substituents is 1. The van der Waals surface area contributed by atoms with Crippen molar-refractivity contribution in [2.24, 2.45) is 5.92 Å². The average molecular weight is 236 g/mol. The van der Waals surface area contributed by atoms with E-state index in [1.165, 1.54) is 6.07 Å². The second-order valence-corrected chi connectivity index (χ2v) is 4.03. The van der Waals surface area contributed by atoms with Crippen LogP contribution in [0.15, 0.2) is 24.3 Å². The zero-order chi connectivity index (χ0) is 12.4. The monoisotopic (exact) mass is 236 g/mol. The maximum atomic E-state index is 11.1. The fourth-order valence-electron chi connectivity index (χ4n) is 2.23. The molecule has 2 rings (SSSR count). The summed E-state index contributed by atoms with van der Waals surface area (Å²) < 4.78 is 0. The van der Waals surface area contributed by atoms with Crippen molar-refractivity contribution in [1.82, 2.24) is 5.32 Å². The molecular formula is C11H12N2O4. The van der Waals surface area contributed by atoms with Gasteiger partial charge >= 0.3 is 5.97 Å². The number of carboxylic acids is 1. The van der Waals surface area contributed by atoms with Crippen molar-refractivity contribution >= 4 is 11.7 Å². The third-order valence-electron chi connectivity index (χ3n) is 3.06. The lowest BCUT2D eigenvalue weighted by molar-refractivity contribution is -0.385. The topological polar surface area (TPSA) is 92.5 Å². The number of nitro groups is 1. The highest BCUT2D eigenvalue weighted by Crippen LogP contribution is 2.34. The summed E-state index contributed by atoms with van der Waals surface area (Å²) in [5.41, 5.74) is 0.488. The van der Waals surface area contributed by atoms with Crippen LogP contribution < -0.4 is 5.32 Å². The van der Waals surface area contributed by atoms with Crippen molar-refractivity contribution in [3.63, 3.8) is 0 Å². The normalized spacial score (nSPS) is 23.5. The first kappa shape index (κ1) is 11.5. The summed E-state index contributed by atoms with van der Waals surface area (Å²) in [4.78, 5) is 21.5. The molecule has 0 bridgehead atoms. The summed E-state index contributed by atoms with van der Waals surface area (Å²) in [6, 6.07) is 6.32. The Hall–Kier alpha value is -1.95. The quantitative estimate of drug-likeness (QED) is 0.603. The molecule has 1 saturated heterocycles. The van der Waals surface area contributed by atoms with Gasteiger partial charge in [-0.2, -0.15) is 0 Å². The Bertz CT molecular complexity index is 461. The molecule has 6 nitrogen and oxygen atoms in total. The molecule has 1 aromatic rings. The van der Waals surface area contributed by atoms with Crippen LogP contribution in [0, 0.1) is 16.0 Å². The standard InChI is InChI=1S/C11H12N2O4/c14-11(15)9-6-12-5-8(9)7-3-1-2-4-10(7)13(16)17/h1-4,8-9,12H,5-6H2,(H,14,15)/t8-,9+/m0/s1. The van der Waals surface area contributed by atoms with Crippen molar-refractivity contribution in [2.45, 2.75) is 5.92 Å². The highest BCUT2D eigenvalue weighted by molar-refractivity contribution is 5.72. The van der Waals surface area contributed by atoms with Crippen LogP contribution >= 0.6 is 0 Å². The number of hydrogen-bond donors (Lipinski definition) is 2. The number of carboxylic acid groups (broad SMARTS) is 1. The molecular weight excluding hydrogens is 224 g/mol. The number of hydrogen-bond acceptors (Lipinski definition) is 4. The van der Waals surface area contributed by atoms with Gasteiger partial charge in [0.05, 0.1) is 10.8 Å². The van der Waals surface area contributed by atoms with Crippen LogP contribution in [0.3, 0.4) is 0 Å². The predicted molar refractivity (Wildman–Crippen MR) is 59.8 cm³/mol. The van der Waals surface area contributed by atoms with Crippen molar-refractivity contribution in [3.05, 3.63) is 39.9 Å². The Morgan fingerprint density at radius 3 is 2.76 bits per heavy atom. The molecule has 0 aromatic heterocycles. The van der Waals surface area contributed by atoms with Gasteiger partial charge in [0.15, 0.2) is 0 Å². The van der Waals surface area contributed by atoms with Gasteiger partial charge in [0.1, 0.15) is 0 Å². The summed E-state index contributed by atoms with van der Waals surface area (Å²) in [5, 5.41) is 22.9. The van der Waals surface area contributed by atoms with E-state index in [0.717, 1.165) is 0 Å². The minimum absolute atomic E-state index is 0.00699. The molecule has 1 heterocycles. The van der Waals surface area contributed by atoms with Crippen LogP contribution in [-0.2, 0) is 4.79 Å². The van der Waals surface area contributed by atoms with Gasteiger partial charge in [0, 0.05) is 30.6 Å². The van der Waals surface area contributed by atoms with Crippen LogP contribution in [-0.4, -0.2) is 29.1 Å². The van der Waals surface area contributed by atoms with E-state index in [-0.39, 0.29) is 11.6 Å². The molecule has 2 atom stereocenters. The molecule has 90 valence electrons. The number of rotatable bonds is 3. The number of nitrogens with one attached hydrogen (secondary N) is 1. The Balaban J connectivity index is 2.39. The molecule has 1 aliphatic heterocycles. The first-order valence-electron chi connectivity index (χ1n) is 5.28. The van der Waals surface area contributed by atoms with E-state index in [2.05, 4.69) is 5.32 Å². The zero-order valence-corrected chi connectivity index (χ0v) is 9.00. The Morgan fingerprint density at radius 2 is 2.12 bits per heavy atom. The lowest BCUT2D eigenvalue weighted by atomic mass is 9.88. The van der Waals surface area contributed by atoms with Crippen LogP contribution in [0.4, 0.5) is 5.69 Å². The van der Waals surface area contributed by atoms with E-state index in [4.69, 9.17) is 5.11 Å². The number of nitrogens with zero attached hydrogens (tertiary/aromatic N) is 1. The Kier molecular flexibility index (Phi) is 3.06. The van der Waals surface area contributed by atoms with Crippen molar-refractivity contribution in [3.8, 4) is 0 Å². The van der Waals surface area contributed by atoms with Gasteiger partial charge in [-0.25, -0.2) is 0 Å². The highest BCUT2D eigenvalue weighted by atomic mass is 16.6. The average Bonchev–Trinajstić information content (AvgIpc) is 2.77. The van der Waals surface area contributed by atoms with Crippen molar-refractivity contribution in [2.75, 3.05) is 13.1 Å². The van der Waals surface area contributed by atoms with E-state index in [0.29, 0.717) is 18.7 Å². The largest absolute Gasteiger partial charge is 0.481 e. The molecule has 1 aliphatic rings. The van der Waals surface area contributed by atoms with Gasteiger partial charge in [-0.1, -0.05) is 18.2 Å². The maximum absolute atomic E-state index is 11.1. The van der Waals surface area contributed by atoms with Crippen molar-refractivity contribution in [1.29, 1.82) is 0 Å². The number of para-hydroxylation sites is 1. The van der Waals surface area contributed by atoms with Crippen LogP contribution in [0.25, 0.3) is 0 Å². The van der Waals surface area contributed by atoms with Gasteiger partial charge < -0.3 is 10.4 Å². The maximum Gasteiger partial charge on any atom is 0.308 e. The lowest BCUT2D eigenvalue weighted by Gasteiger charge is -2.14. The van der Waals surface area contributed by atoms with E-state index in [1.54, 1.807) is 18.2 Å². The third-order valence-corrected chi connectivity index (χ3v) is 3.06. The van der Waals surface area contributed by atoms with Crippen molar-refractivity contribution < 1.29 is 14.8 Å². The minimum atomic E-state index is -0.918. The van der Waals surface area contributed by atoms with Gasteiger partial charge in [-0.05, 0) is 0 Å². The van der Waals surface area contributed by atoms with E-state index in [9.17, 15) is 14.9 Å². The molecule has 0 saturated carbocycles. The Morgan fingerprint density at radius 1 is 1.41 bits per heavy atom. The first-order chi connectivity index (χ1) is 8.11. The van der Waals surface area contributed by atoms with E-state index >= 15 is 0 Å². The minimum Gasteiger partial charge on any atom is -0.481 e. The molecule has 17 heavy (non-hydrogen) atoms. The fourth-order valence-corrected chi connectivity index (χ4v) is 2.23. The number of aliphatic carboxylic acids is 1. The lowest BCUT2D eigenvalue weighted by Crippen LogP contribution is -2.21. The van der Waals surface area contributed by atoms with Crippen LogP contribution in [0.5, 0.6) is 0 Å². The molecule has 0 radical (unpaired) electrons. The molecule has 1 aromatic carbocycles. The molecule has 0 amide bonds.